The van der Waals surface area contributed by atoms with Gasteiger partial charge in [-0.25, -0.2) is 0 Å². The molecule has 1 amide bonds. The monoisotopic (exact) mass is 248 g/mol. The van der Waals surface area contributed by atoms with Crippen LogP contribution in [0.2, 0.25) is 0 Å². The molecular formula is C14H20N2O2. The summed E-state index contributed by atoms with van der Waals surface area (Å²) in [7, 11) is 1.67. The van der Waals surface area contributed by atoms with Gasteiger partial charge in [0.25, 0.3) is 0 Å². The van der Waals surface area contributed by atoms with Crippen LogP contribution in [0.15, 0.2) is 24.3 Å². The number of hydrogen-bond acceptors (Lipinski definition) is 3. The Morgan fingerprint density at radius 2 is 2.06 bits per heavy atom. The van der Waals surface area contributed by atoms with E-state index in [-0.39, 0.29) is 12.0 Å². The molecule has 1 heterocycles. The standard InChI is InChI=1S/C14H20N2O2/c1-10-3-5-11(6-4-10)7-13(15)14(17)16-8-12(9-16)18-2/h3-6,12-13H,7-9,15H2,1-2H3/t13-/m0/s1. The molecule has 1 atom stereocenters. The molecule has 2 rings (SSSR count). The fourth-order valence-corrected chi connectivity index (χ4v) is 2.07. The van der Waals surface area contributed by atoms with Crippen LogP contribution in [0.5, 0.6) is 0 Å². The molecule has 0 aliphatic carbocycles. The Bertz CT molecular complexity index is 410. The molecule has 0 spiro atoms. The second kappa shape index (κ2) is 5.50. The Kier molecular flexibility index (Phi) is 3.99. The normalized spacial score (nSPS) is 17.4. The van der Waals surface area contributed by atoms with Crippen LogP contribution < -0.4 is 5.73 Å². The van der Waals surface area contributed by atoms with Gasteiger partial charge in [0.1, 0.15) is 0 Å². The summed E-state index contributed by atoms with van der Waals surface area (Å²) in [6, 6.07) is 7.67. The molecule has 4 heteroatoms. The van der Waals surface area contributed by atoms with Crippen molar-refractivity contribution in [3.63, 3.8) is 0 Å². The number of hydrogen-bond donors (Lipinski definition) is 1. The van der Waals surface area contributed by atoms with E-state index in [9.17, 15) is 4.79 Å². The number of nitrogens with zero attached hydrogens (tertiary/aromatic N) is 1. The summed E-state index contributed by atoms with van der Waals surface area (Å²) < 4.78 is 5.14. The number of methoxy groups -OCH3 is 1. The predicted octanol–water partition coefficient (Wildman–Crippen LogP) is 0.722. The third-order valence-corrected chi connectivity index (χ3v) is 3.39. The number of ether oxygens (including phenoxy) is 1. The first-order chi connectivity index (χ1) is 8.60. The highest BCUT2D eigenvalue weighted by molar-refractivity contribution is 5.82. The number of amides is 1. The van der Waals surface area contributed by atoms with Crippen LogP contribution >= 0.6 is 0 Å². The highest BCUT2D eigenvalue weighted by Crippen LogP contribution is 2.13. The summed E-state index contributed by atoms with van der Waals surface area (Å²) in [4.78, 5) is 13.8. The van der Waals surface area contributed by atoms with Crippen LogP contribution in [-0.2, 0) is 16.0 Å². The van der Waals surface area contributed by atoms with Crippen molar-refractivity contribution in [1.82, 2.24) is 4.90 Å². The molecule has 1 aliphatic heterocycles. The molecule has 1 aromatic carbocycles. The highest BCUT2D eigenvalue weighted by atomic mass is 16.5. The quantitative estimate of drug-likeness (QED) is 0.854. The molecule has 0 saturated carbocycles. The zero-order valence-corrected chi connectivity index (χ0v) is 10.9. The molecule has 1 aliphatic rings. The van der Waals surface area contributed by atoms with E-state index in [1.807, 2.05) is 31.2 Å². The molecule has 1 fully saturated rings. The molecule has 4 nitrogen and oxygen atoms in total. The smallest absolute Gasteiger partial charge is 0.240 e. The summed E-state index contributed by atoms with van der Waals surface area (Å²) in [6.07, 6.45) is 0.772. The number of aryl methyl sites for hydroxylation is 1. The second-order valence-corrected chi connectivity index (χ2v) is 4.90. The number of nitrogens with two attached hydrogens (primary N) is 1. The number of benzene rings is 1. The summed E-state index contributed by atoms with van der Waals surface area (Å²) >= 11 is 0. The van der Waals surface area contributed by atoms with Gasteiger partial charge in [-0.1, -0.05) is 29.8 Å². The van der Waals surface area contributed by atoms with Gasteiger partial charge in [-0.15, -0.1) is 0 Å². The van der Waals surface area contributed by atoms with Crippen LogP contribution in [0.3, 0.4) is 0 Å². The van der Waals surface area contributed by atoms with E-state index >= 15 is 0 Å². The highest BCUT2D eigenvalue weighted by Gasteiger charge is 2.32. The van der Waals surface area contributed by atoms with Crippen molar-refractivity contribution in [2.75, 3.05) is 20.2 Å². The van der Waals surface area contributed by atoms with Gasteiger partial charge in [-0.2, -0.15) is 0 Å². The molecular weight excluding hydrogens is 228 g/mol. The third kappa shape index (κ3) is 2.89. The van der Waals surface area contributed by atoms with Gasteiger partial charge in [0, 0.05) is 20.2 Å². The Balaban J connectivity index is 1.86. The number of carbonyl (C=O) groups is 1. The molecule has 18 heavy (non-hydrogen) atoms. The van der Waals surface area contributed by atoms with Crippen molar-refractivity contribution in [2.45, 2.75) is 25.5 Å². The lowest BCUT2D eigenvalue weighted by molar-refractivity contribution is -0.144. The number of carbonyl (C=O) groups excluding carboxylic acids is 1. The SMILES string of the molecule is COC1CN(C(=O)[C@@H](N)Cc2ccc(C)cc2)C1. The zero-order valence-electron chi connectivity index (χ0n) is 10.9. The molecule has 0 aromatic heterocycles. The van der Waals surface area contributed by atoms with Gasteiger partial charge in [0.05, 0.1) is 12.1 Å². The van der Waals surface area contributed by atoms with Gasteiger partial charge < -0.3 is 15.4 Å². The lowest BCUT2D eigenvalue weighted by Gasteiger charge is -2.39. The maximum atomic E-state index is 12.0. The minimum absolute atomic E-state index is 0.0175. The van der Waals surface area contributed by atoms with E-state index in [4.69, 9.17) is 10.5 Å². The fraction of sp³-hybridized carbons (Fsp3) is 0.500. The van der Waals surface area contributed by atoms with Gasteiger partial charge >= 0.3 is 0 Å². The Morgan fingerprint density at radius 3 is 2.61 bits per heavy atom. The lowest BCUT2D eigenvalue weighted by atomic mass is 10.0. The molecule has 98 valence electrons. The topological polar surface area (TPSA) is 55.6 Å². The fourth-order valence-electron chi connectivity index (χ4n) is 2.07. The van der Waals surface area contributed by atoms with Crippen molar-refractivity contribution in [3.05, 3.63) is 35.4 Å². The van der Waals surface area contributed by atoms with Crippen molar-refractivity contribution in [1.29, 1.82) is 0 Å². The zero-order chi connectivity index (χ0) is 13.1. The first-order valence-corrected chi connectivity index (χ1v) is 6.23. The molecule has 1 saturated heterocycles. The van der Waals surface area contributed by atoms with E-state index in [0.717, 1.165) is 5.56 Å². The minimum atomic E-state index is -0.453. The molecule has 0 radical (unpaired) electrons. The molecule has 0 unspecified atom stereocenters. The van der Waals surface area contributed by atoms with E-state index in [2.05, 4.69) is 0 Å². The van der Waals surface area contributed by atoms with Gasteiger partial charge in [0.15, 0.2) is 0 Å². The Morgan fingerprint density at radius 1 is 1.44 bits per heavy atom. The van der Waals surface area contributed by atoms with Crippen LogP contribution in [0.4, 0.5) is 0 Å². The summed E-state index contributed by atoms with van der Waals surface area (Å²) in [6.45, 7) is 3.37. The van der Waals surface area contributed by atoms with Crippen molar-refractivity contribution in [2.24, 2.45) is 5.73 Å². The summed E-state index contributed by atoms with van der Waals surface area (Å²) in [5.41, 5.74) is 8.27. The van der Waals surface area contributed by atoms with Gasteiger partial charge in [-0.3, -0.25) is 4.79 Å². The maximum Gasteiger partial charge on any atom is 0.240 e. The van der Waals surface area contributed by atoms with Crippen LogP contribution in [0.1, 0.15) is 11.1 Å². The van der Waals surface area contributed by atoms with E-state index in [1.54, 1.807) is 12.0 Å². The maximum absolute atomic E-state index is 12.0. The third-order valence-electron chi connectivity index (χ3n) is 3.39. The number of rotatable bonds is 4. The Labute approximate surface area is 108 Å². The van der Waals surface area contributed by atoms with E-state index in [1.165, 1.54) is 5.56 Å². The largest absolute Gasteiger partial charge is 0.378 e. The second-order valence-electron chi connectivity index (χ2n) is 4.90. The summed E-state index contributed by atoms with van der Waals surface area (Å²) in [5.74, 6) is 0.0175. The minimum Gasteiger partial charge on any atom is -0.378 e. The molecule has 0 bridgehead atoms. The van der Waals surface area contributed by atoms with Crippen molar-refractivity contribution >= 4 is 5.91 Å². The average Bonchev–Trinajstić information content (AvgIpc) is 2.30. The number of likely N-dealkylation sites (tertiary alicyclic amines) is 1. The van der Waals surface area contributed by atoms with Crippen LogP contribution in [0, 0.1) is 6.92 Å². The van der Waals surface area contributed by atoms with Crippen molar-refractivity contribution in [3.8, 4) is 0 Å². The Hall–Kier alpha value is -1.39. The molecule has 2 N–H and O–H groups in total. The van der Waals surface area contributed by atoms with Gasteiger partial charge in [-0.05, 0) is 18.9 Å². The first-order valence-electron chi connectivity index (χ1n) is 6.23. The van der Waals surface area contributed by atoms with E-state index in [0.29, 0.717) is 19.5 Å². The predicted molar refractivity (Wildman–Crippen MR) is 70.2 cm³/mol. The van der Waals surface area contributed by atoms with E-state index < -0.39 is 6.04 Å². The first kappa shape index (κ1) is 13.1. The van der Waals surface area contributed by atoms with Crippen molar-refractivity contribution < 1.29 is 9.53 Å². The van der Waals surface area contributed by atoms with Gasteiger partial charge in [0.2, 0.25) is 5.91 Å². The molecule has 1 aromatic rings. The van der Waals surface area contributed by atoms with Crippen LogP contribution in [-0.4, -0.2) is 43.2 Å². The lowest BCUT2D eigenvalue weighted by Crippen LogP contribution is -2.58. The summed E-state index contributed by atoms with van der Waals surface area (Å²) in [5, 5.41) is 0. The average molecular weight is 248 g/mol. The van der Waals surface area contributed by atoms with Crippen LogP contribution in [0.25, 0.3) is 0 Å².